The van der Waals surface area contributed by atoms with Gasteiger partial charge in [0.2, 0.25) is 0 Å². The summed E-state index contributed by atoms with van der Waals surface area (Å²) >= 11 is 0. The fourth-order valence-corrected chi connectivity index (χ4v) is 4.86. The molecule has 0 radical (unpaired) electrons. The lowest BCUT2D eigenvalue weighted by Gasteiger charge is -2.24. The van der Waals surface area contributed by atoms with Crippen LogP contribution in [-0.2, 0) is 4.74 Å². The Labute approximate surface area is 174 Å². The maximum atomic E-state index is 6.11. The van der Waals surface area contributed by atoms with E-state index in [1.165, 1.54) is 24.0 Å². The monoisotopic (exact) mass is 469 g/mol. The maximum absolute atomic E-state index is 6.11. The van der Waals surface area contributed by atoms with Crippen molar-refractivity contribution < 1.29 is 4.74 Å². The molecule has 4 nitrogen and oxygen atoms in total. The van der Waals surface area contributed by atoms with Crippen molar-refractivity contribution in [1.82, 2.24) is 10.2 Å². The zero-order chi connectivity index (χ0) is 17.4. The van der Waals surface area contributed by atoms with E-state index in [9.17, 15) is 0 Å². The van der Waals surface area contributed by atoms with E-state index in [2.05, 4.69) is 55.3 Å². The van der Waals surface area contributed by atoms with Gasteiger partial charge in [-0.1, -0.05) is 36.8 Å². The van der Waals surface area contributed by atoms with Gasteiger partial charge in [0, 0.05) is 43.9 Å². The number of hydrogen-bond acceptors (Lipinski definition) is 2. The number of benzene rings is 1. The Kier molecular flexibility index (Phi) is 6.49. The van der Waals surface area contributed by atoms with Gasteiger partial charge in [-0.15, -0.1) is 24.0 Å². The molecule has 26 heavy (non-hydrogen) atoms. The summed E-state index contributed by atoms with van der Waals surface area (Å²) in [5, 5.41) is 3.52. The van der Waals surface area contributed by atoms with Gasteiger partial charge in [-0.25, -0.2) is 0 Å². The highest BCUT2D eigenvalue weighted by Crippen LogP contribution is 2.47. The van der Waals surface area contributed by atoms with E-state index >= 15 is 0 Å². The van der Waals surface area contributed by atoms with Crippen LogP contribution in [0.3, 0.4) is 0 Å². The van der Waals surface area contributed by atoms with E-state index in [0.717, 1.165) is 44.0 Å². The molecule has 0 aromatic heterocycles. The second-order valence-electron chi connectivity index (χ2n) is 8.03. The Morgan fingerprint density at radius 3 is 2.58 bits per heavy atom. The van der Waals surface area contributed by atoms with Crippen molar-refractivity contribution in [1.29, 1.82) is 0 Å². The molecule has 5 heteroatoms. The Balaban J connectivity index is 0.00000196. The molecule has 144 valence electrons. The van der Waals surface area contributed by atoms with E-state index in [1.54, 1.807) is 0 Å². The second kappa shape index (κ2) is 8.46. The summed E-state index contributed by atoms with van der Waals surface area (Å²) in [6.07, 6.45) is 3.54. The lowest BCUT2D eigenvalue weighted by molar-refractivity contribution is 0.0767. The molecular formula is C21H32IN3O. The summed E-state index contributed by atoms with van der Waals surface area (Å²) in [7, 11) is 0. The van der Waals surface area contributed by atoms with Crippen molar-refractivity contribution in [2.45, 2.75) is 51.7 Å². The molecule has 0 saturated carbocycles. The summed E-state index contributed by atoms with van der Waals surface area (Å²) in [5.41, 5.74) is 2.70. The van der Waals surface area contributed by atoms with E-state index in [-0.39, 0.29) is 24.0 Å². The second-order valence-corrected chi connectivity index (χ2v) is 8.03. The smallest absolute Gasteiger partial charge is 0.193 e. The van der Waals surface area contributed by atoms with Gasteiger partial charge in [0.05, 0.1) is 12.2 Å². The molecule has 1 aromatic carbocycles. The number of guanidine groups is 1. The van der Waals surface area contributed by atoms with Crippen LogP contribution in [-0.4, -0.2) is 49.2 Å². The van der Waals surface area contributed by atoms with Gasteiger partial charge in [-0.05, 0) is 32.3 Å². The summed E-state index contributed by atoms with van der Waals surface area (Å²) < 4.78 is 6.11. The minimum atomic E-state index is 0. The molecule has 5 atom stereocenters. The van der Waals surface area contributed by atoms with Crippen LogP contribution < -0.4 is 5.32 Å². The van der Waals surface area contributed by atoms with Crippen LogP contribution in [0.5, 0.6) is 0 Å². The quantitative estimate of drug-likeness (QED) is 0.414. The van der Waals surface area contributed by atoms with E-state index < -0.39 is 0 Å². The third-order valence-electron chi connectivity index (χ3n) is 6.21. The van der Waals surface area contributed by atoms with E-state index in [0.29, 0.717) is 18.1 Å². The average molecular weight is 469 g/mol. The normalized spacial score (nSPS) is 30.9. The minimum Gasteiger partial charge on any atom is -0.374 e. The van der Waals surface area contributed by atoms with E-state index in [4.69, 9.17) is 9.73 Å². The lowest BCUT2D eigenvalue weighted by Crippen LogP contribution is -2.41. The van der Waals surface area contributed by atoms with Crippen LogP contribution in [0.15, 0.2) is 29.3 Å². The van der Waals surface area contributed by atoms with E-state index in [1.807, 2.05) is 0 Å². The van der Waals surface area contributed by atoms with Crippen LogP contribution in [0, 0.1) is 18.8 Å². The van der Waals surface area contributed by atoms with Gasteiger partial charge in [0.15, 0.2) is 5.96 Å². The molecule has 0 aliphatic carbocycles. The summed E-state index contributed by atoms with van der Waals surface area (Å²) in [6.45, 7) is 10.6. The van der Waals surface area contributed by atoms with Crippen molar-refractivity contribution in [2.24, 2.45) is 16.8 Å². The number of nitrogens with one attached hydrogen (secondary N) is 1. The summed E-state index contributed by atoms with van der Waals surface area (Å²) in [6, 6.07) is 8.80. The first kappa shape index (κ1) is 19.9. The Hall–Kier alpha value is -0.820. The zero-order valence-electron chi connectivity index (χ0n) is 16.1. The molecular weight excluding hydrogens is 437 g/mol. The topological polar surface area (TPSA) is 36.9 Å². The molecule has 3 fully saturated rings. The molecule has 1 aromatic rings. The van der Waals surface area contributed by atoms with Crippen LogP contribution in [0.4, 0.5) is 0 Å². The number of likely N-dealkylation sites (tertiary alicyclic amines) is 1. The molecule has 3 heterocycles. The zero-order valence-corrected chi connectivity index (χ0v) is 18.5. The summed E-state index contributed by atoms with van der Waals surface area (Å²) in [4.78, 5) is 7.47. The third-order valence-corrected chi connectivity index (χ3v) is 6.21. The third kappa shape index (κ3) is 3.88. The molecule has 1 N–H and O–H groups in total. The molecule has 3 saturated heterocycles. The van der Waals surface area contributed by atoms with Crippen molar-refractivity contribution in [2.75, 3.05) is 26.2 Å². The molecule has 3 aliphatic rings. The minimum absolute atomic E-state index is 0. The molecule has 3 aliphatic heterocycles. The van der Waals surface area contributed by atoms with Crippen molar-refractivity contribution in [3.8, 4) is 0 Å². The van der Waals surface area contributed by atoms with Gasteiger partial charge in [0.1, 0.15) is 0 Å². The van der Waals surface area contributed by atoms with Crippen molar-refractivity contribution in [3.05, 3.63) is 35.4 Å². The Morgan fingerprint density at radius 2 is 1.96 bits per heavy atom. The lowest BCUT2D eigenvalue weighted by atomic mass is 9.82. The first-order valence-corrected chi connectivity index (χ1v) is 9.91. The highest BCUT2D eigenvalue weighted by Gasteiger charge is 2.53. The Morgan fingerprint density at radius 1 is 1.27 bits per heavy atom. The molecule has 0 spiro atoms. The largest absolute Gasteiger partial charge is 0.374 e. The number of nitrogens with zero attached hydrogens (tertiary/aromatic N) is 2. The first-order chi connectivity index (χ1) is 12.2. The van der Waals surface area contributed by atoms with Gasteiger partial charge < -0.3 is 15.0 Å². The fraction of sp³-hybridized carbons (Fsp3) is 0.667. The maximum Gasteiger partial charge on any atom is 0.193 e. The number of fused-ring (bicyclic) bond motifs is 5. The van der Waals surface area contributed by atoms with Gasteiger partial charge in [0.25, 0.3) is 0 Å². The van der Waals surface area contributed by atoms with Crippen LogP contribution in [0.2, 0.25) is 0 Å². The number of aliphatic imine (C=N–C) groups is 1. The molecule has 2 bridgehead atoms. The van der Waals surface area contributed by atoms with Crippen LogP contribution >= 0.6 is 24.0 Å². The van der Waals surface area contributed by atoms with Gasteiger partial charge in [-0.2, -0.15) is 0 Å². The molecule has 4 rings (SSSR count). The van der Waals surface area contributed by atoms with Crippen LogP contribution in [0.1, 0.15) is 43.7 Å². The van der Waals surface area contributed by atoms with Gasteiger partial charge in [-0.3, -0.25) is 4.99 Å². The highest BCUT2D eigenvalue weighted by atomic mass is 127. The predicted molar refractivity (Wildman–Crippen MR) is 117 cm³/mol. The SMILES string of the molecule is CCNC(=NCC(C)c1cccc(C)c1)N1CC2C3CCC(O3)C2C1.I. The number of rotatable bonds is 4. The Bertz CT molecular complexity index is 632. The van der Waals surface area contributed by atoms with Crippen molar-refractivity contribution >= 4 is 29.9 Å². The highest BCUT2D eigenvalue weighted by molar-refractivity contribution is 14.0. The number of halogens is 1. The first-order valence-electron chi connectivity index (χ1n) is 9.91. The van der Waals surface area contributed by atoms with Crippen molar-refractivity contribution in [3.63, 3.8) is 0 Å². The molecule has 0 amide bonds. The standard InChI is InChI=1S/C21H31N3O.HI/c1-4-22-21(23-11-15(3)16-7-5-6-14(2)10-16)24-12-17-18(13-24)20-9-8-19(17)25-20;/h5-7,10,15,17-20H,4,8-9,11-13H2,1-3H3,(H,22,23);1H. The summed E-state index contributed by atoms with van der Waals surface area (Å²) in [5.74, 6) is 2.97. The average Bonchev–Trinajstić information content (AvgIpc) is 3.30. The number of ether oxygens (including phenoxy) is 1. The van der Waals surface area contributed by atoms with Gasteiger partial charge >= 0.3 is 0 Å². The number of aryl methyl sites for hydroxylation is 1. The van der Waals surface area contributed by atoms with Crippen LogP contribution in [0.25, 0.3) is 0 Å². The fourth-order valence-electron chi connectivity index (χ4n) is 4.86. The molecule has 5 unspecified atom stereocenters. The number of hydrogen-bond donors (Lipinski definition) is 1. The predicted octanol–water partition coefficient (Wildman–Crippen LogP) is 3.79.